The number of hydrogen-bond donors (Lipinski definition) is 3. The van der Waals surface area contributed by atoms with Crippen LogP contribution in [0.2, 0.25) is 0 Å². The van der Waals surface area contributed by atoms with Crippen LogP contribution in [0.25, 0.3) is 0 Å². The summed E-state index contributed by atoms with van der Waals surface area (Å²) in [5, 5.41) is 12.1. The topological polar surface area (TPSA) is 130 Å². The summed E-state index contributed by atoms with van der Waals surface area (Å²) >= 11 is 0. The fraction of sp³-hybridized carbons (Fsp3) is 0.353. The summed E-state index contributed by atoms with van der Waals surface area (Å²) in [4.78, 5) is 34.9. The zero-order chi connectivity index (χ0) is 19.1. The second kappa shape index (κ2) is 6.56. The van der Waals surface area contributed by atoms with E-state index in [2.05, 4.69) is 5.32 Å². The van der Waals surface area contributed by atoms with E-state index in [0.29, 0.717) is 12.1 Å². The average molecular weight is 378 g/mol. The lowest BCUT2D eigenvalue weighted by molar-refractivity contribution is -0.146. The molecule has 2 aliphatic carbocycles. The van der Waals surface area contributed by atoms with Crippen LogP contribution in [0.15, 0.2) is 41.3 Å². The summed E-state index contributed by atoms with van der Waals surface area (Å²) in [6.07, 6.45) is 4.40. The van der Waals surface area contributed by atoms with Gasteiger partial charge in [-0.15, -0.1) is 0 Å². The van der Waals surface area contributed by atoms with Crippen molar-refractivity contribution in [2.24, 2.45) is 23.7 Å². The molecule has 0 aromatic heterocycles. The molecule has 2 aliphatic rings. The summed E-state index contributed by atoms with van der Waals surface area (Å²) in [5.41, 5.74) is 0.354. The number of sulfonamides is 1. The fourth-order valence-electron chi connectivity index (χ4n) is 3.71. The monoisotopic (exact) mass is 378 g/mol. The van der Waals surface area contributed by atoms with Crippen molar-refractivity contribution in [2.45, 2.75) is 18.2 Å². The molecule has 1 saturated carbocycles. The van der Waals surface area contributed by atoms with Crippen molar-refractivity contribution >= 4 is 33.5 Å². The molecule has 9 heteroatoms. The van der Waals surface area contributed by atoms with Gasteiger partial charge >= 0.3 is 5.97 Å². The average Bonchev–Trinajstić information content (AvgIpc) is 3.15. The van der Waals surface area contributed by atoms with Crippen LogP contribution in [0.1, 0.15) is 13.3 Å². The third-order valence-corrected chi connectivity index (χ3v) is 6.21. The van der Waals surface area contributed by atoms with E-state index < -0.39 is 39.6 Å². The molecule has 138 valence electrons. The van der Waals surface area contributed by atoms with Gasteiger partial charge in [-0.05, 0) is 42.5 Å². The number of fused-ring (bicyclic) bond motifs is 2. The highest BCUT2D eigenvalue weighted by Crippen LogP contribution is 2.48. The minimum Gasteiger partial charge on any atom is -0.481 e. The number of allylic oxidation sites excluding steroid dienone is 2. The molecule has 1 aromatic rings. The van der Waals surface area contributed by atoms with E-state index in [1.165, 1.54) is 24.3 Å². The third-order valence-electron chi connectivity index (χ3n) is 4.76. The Labute approximate surface area is 150 Å². The first-order valence-electron chi connectivity index (χ1n) is 8.04. The lowest BCUT2D eigenvalue weighted by atomic mass is 9.82. The number of anilines is 1. The maximum absolute atomic E-state index is 12.6. The zero-order valence-corrected chi connectivity index (χ0v) is 14.7. The summed E-state index contributed by atoms with van der Waals surface area (Å²) in [7, 11) is -3.95. The van der Waals surface area contributed by atoms with E-state index in [4.69, 9.17) is 0 Å². The summed E-state index contributed by atoms with van der Waals surface area (Å²) in [6.45, 7) is 1.09. The predicted octanol–water partition coefficient (Wildman–Crippen LogP) is 0.973. The van der Waals surface area contributed by atoms with Crippen molar-refractivity contribution in [3.8, 4) is 0 Å². The number of aliphatic carboxylic acids is 1. The first-order chi connectivity index (χ1) is 12.2. The van der Waals surface area contributed by atoms with Crippen LogP contribution in [0.3, 0.4) is 0 Å². The molecule has 2 bridgehead atoms. The Balaban J connectivity index is 1.73. The molecule has 0 unspecified atom stereocenters. The van der Waals surface area contributed by atoms with Crippen LogP contribution in [-0.2, 0) is 24.4 Å². The minimum atomic E-state index is -3.95. The van der Waals surface area contributed by atoms with Crippen LogP contribution in [0.5, 0.6) is 0 Å². The van der Waals surface area contributed by atoms with Gasteiger partial charge in [-0.25, -0.2) is 13.1 Å². The fourth-order valence-corrected chi connectivity index (χ4v) is 4.70. The maximum atomic E-state index is 12.6. The zero-order valence-electron chi connectivity index (χ0n) is 13.9. The Kier molecular flexibility index (Phi) is 4.57. The molecule has 3 rings (SSSR count). The molecule has 0 spiro atoms. The van der Waals surface area contributed by atoms with Crippen molar-refractivity contribution in [3.63, 3.8) is 0 Å². The summed E-state index contributed by atoms with van der Waals surface area (Å²) in [6, 6.07) is 5.31. The van der Waals surface area contributed by atoms with Crippen LogP contribution in [0, 0.1) is 23.7 Å². The Hall–Kier alpha value is -2.68. The molecule has 1 fully saturated rings. The van der Waals surface area contributed by atoms with Crippen LogP contribution >= 0.6 is 0 Å². The molecule has 0 heterocycles. The minimum absolute atomic E-state index is 0.0967. The van der Waals surface area contributed by atoms with Crippen molar-refractivity contribution in [1.29, 1.82) is 0 Å². The Bertz CT molecular complexity index is 890. The highest BCUT2D eigenvalue weighted by molar-refractivity contribution is 7.90. The Morgan fingerprint density at radius 3 is 2.15 bits per heavy atom. The van der Waals surface area contributed by atoms with Crippen LogP contribution in [0.4, 0.5) is 5.69 Å². The molecule has 26 heavy (non-hydrogen) atoms. The van der Waals surface area contributed by atoms with Crippen molar-refractivity contribution in [3.05, 3.63) is 36.4 Å². The van der Waals surface area contributed by atoms with Crippen molar-refractivity contribution < 1.29 is 27.9 Å². The highest BCUT2D eigenvalue weighted by Gasteiger charge is 2.51. The van der Waals surface area contributed by atoms with E-state index in [0.717, 1.165) is 6.92 Å². The number of carboxylic acid groups (broad SMARTS) is 1. The first-order valence-corrected chi connectivity index (χ1v) is 9.53. The molecular formula is C17H18N2O6S. The summed E-state index contributed by atoms with van der Waals surface area (Å²) in [5.74, 6) is -3.70. The summed E-state index contributed by atoms with van der Waals surface area (Å²) < 4.78 is 25.6. The Morgan fingerprint density at radius 1 is 1.04 bits per heavy atom. The number of rotatable bonds is 5. The smallest absolute Gasteiger partial charge is 0.307 e. The van der Waals surface area contributed by atoms with E-state index in [1.54, 1.807) is 0 Å². The van der Waals surface area contributed by atoms with Gasteiger partial charge in [0.05, 0.1) is 16.7 Å². The third kappa shape index (κ3) is 3.34. The van der Waals surface area contributed by atoms with E-state index in [9.17, 15) is 27.9 Å². The SMILES string of the molecule is CC(=O)NS(=O)(=O)c1ccc(NC(=O)[C@@H]2[C@@H](C(=O)O)[C@H]3C=C[C@H]2C3)cc1. The molecule has 4 atom stereocenters. The van der Waals surface area contributed by atoms with E-state index in [1.807, 2.05) is 16.9 Å². The highest BCUT2D eigenvalue weighted by atomic mass is 32.2. The molecule has 1 aromatic carbocycles. The van der Waals surface area contributed by atoms with Gasteiger partial charge in [-0.2, -0.15) is 0 Å². The van der Waals surface area contributed by atoms with Gasteiger partial charge in [-0.3, -0.25) is 14.4 Å². The van der Waals surface area contributed by atoms with Gasteiger partial charge in [0.15, 0.2) is 0 Å². The predicted molar refractivity (Wildman–Crippen MR) is 91.4 cm³/mol. The number of carboxylic acids is 1. The molecule has 0 aliphatic heterocycles. The van der Waals surface area contributed by atoms with Gasteiger partial charge in [0, 0.05) is 12.6 Å². The van der Waals surface area contributed by atoms with E-state index >= 15 is 0 Å². The van der Waals surface area contributed by atoms with Gasteiger partial charge < -0.3 is 10.4 Å². The van der Waals surface area contributed by atoms with Gasteiger partial charge in [0.2, 0.25) is 11.8 Å². The number of nitrogens with one attached hydrogen (secondary N) is 2. The lowest BCUT2D eigenvalue weighted by Gasteiger charge is -2.23. The number of carbonyl (C=O) groups is 3. The number of carbonyl (C=O) groups excluding carboxylic acids is 2. The normalized spacial score (nSPS) is 26.5. The maximum Gasteiger partial charge on any atom is 0.307 e. The standard InChI is InChI=1S/C17H18N2O6S/c1-9(20)19-26(24,25)13-6-4-12(5-7-13)18-16(21)14-10-2-3-11(8-10)15(14)17(22)23/h2-7,10-11,14-15H,8H2,1H3,(H,18,21)(H,19,20)(H,22,23)/t10-,11-,14-,15-/m0/s1. The van der Waals surface area contributed by atoms with Gasteiger partial charge in [-0.1, -0.05) is 12.2 Å². The van der Waals surface area contributed by atoms with Crippen molar-refractivity contribution in [2.75, 3.05) is 5.32 Å². The van der Waals surface area contributed by atoms with Crippen LogP contribution < -0.4 is 10.0 Å². The molecule has 0 saturated heterocycles. The largest absolute Gasteiger partial charge is 0.481 e. The molecule has 8 nitrogen and oxygen atoms in total. The first kappa shape index (κ1) is 18.1. The van der Waals surface area contributed by atoms with Crippen LogP contribution in [-0.4, -0.2) is 31.3 Å². The quantitative estimate of drug-likeness (QED) is 0.655. The lowest BCUT2D eigenvalue weighted by Crippen LogP contribution is -2.36. The van der Waals surface area contributed by atoms with Crippen molar-refractivity contribution in [1.82, 2.24) is 4.72 Å². The van der Waals surface area contributed by atoms with Gasteiger partial charge in [0.1, 0.15) is 0 Å². The Morgan fingerprint density at radius 2 is 1.62 bits per heavy atom. The molecule has 3 N–H and O–H groups in total. The molecule has 0 radical (unpaired) electrons. The van der Waals surface area contributed by atoms with E-state index in [-0.39, 0.29) is 16.7 Å². The second-order valence-corrected chi connectivity index (χ2v) is 8.20. The van der Waals surface area contributed by atoms with Gasteiger partial charge in [0.25, 0.3) is 10.0 Å². The number of hydrogen-bond acceptors (Lipinski definition) is 5. The number of amides is 2. The second-order valence-electron chi connectivity index (χ2n) is 6.51. The number of benzene rings is 1. The molecule has 2 amide bonds. The molecular weight excluding hydrogens is 360 g/mol.